The molecule has 0 radical (unpaired) electrons. The molecule has 15 heavy (non-hydrogen) atoms. The van der Waals surface area contributed by atoms with E-state index in [9.17, 15) is 9.59 Å². The van der Waals surface area contributed by atoms with Crippen molar-refractivity contribution >= 4 is 11.9 Å². The van der Waals surface area contributed by atoms with E-state index in [4.69, 9.17) is 9.84 Å². The van der Waals surface area contributed by atoms with Gasteiger partial charge in [-0.1, -0.05) is 6.92 Å². The summed E-state index contributed by atoms with van der Waals surface area (Å²) in [6.07, 6.45) is -0.426. The van der Waals surface area contributed by atoms with Crippen molar-refractivity contribution in [3.63, 3.8) is 0 Å². The second kappa shape index (κ2) is 5.70. The summed E-state index contributed by atoms with van der Waals surface area (Å²) in [5.74, 6) is -0.219. The van der Waals surface area contributed by atoms with Gasteiger partial charge in [-0.15, -0.1) is 0 Å². The number of nitrogens with one attached hydrogen (secondary N) is 1. The highest BCUT2D eigenvalue weighted by atomic mass is 16.6. The predicted octanol–water partition coefficient (Wildman–Crippen LogP) is 0.851. The Kier molecular flexibility index (Phi) is 5.28. The molecule has 1 amide bonds. The molecule has 0 spiro atoms. The van der Waals surface area contributed by atoms with Gasteiger partial charge in [0.25, 0.3) is 0 Å². The van der Waals surface area contributed by atoms with Crippen LogP contribution in [0.2, 0.25) is 0 Å². The summed E-state index contributed by atoms with van der Waals surface area (Å²) in [6, 6.07) is -0.871. The van der Waals surface area contributed by atoms with Crippen LogP contribution in [-0.2, 0) is 9.53 Å². The molecule has 0 rings (SSSR count). The molecule has 0 aromatic carbocycles. The zero-order chi connectivity index (χ0) is 12.1. The highest BCUT2D eigenvalue weighted by molar-refractivity contribution is 5.87. The molecule has 0 aromatic heterocycles. The van der Waals surface area contributed by atoms with Gasteiger partial charge in [0.2, 0.25) is 0 Å². The maximum atomic E-state index is 11.3. The summed E-state index contributed by atoms with van der Waals surface area (Å²) < 4.78 is 4.95. The Hall–Kier alpha value is -1.10. The monoisotopic (exact) mass is 217 g/mol. The minimum atomic E-state index is -0.871. The molecule has 88 valence electrons. The summed E-state index contributed by atoms with van der Waals surface area (Å²) >= 11 is 0. The summed E-state index contributed by atoms with van der Waals surface area (Å²) in [5.41, 5.74) is -0.612. The standard InChI is InChI=1S/C10H19NO4/c1-5-8(13)7(6-12)11-9(14)15-10(2,3)4/h7,12H,5-6H2,1-4H3,(H,11,14)/t7-/m1/s1. The molecule has 0 saturated carbocycles. The van der Waals surface area contributed by atoms with E-state index in [2.05, 4.69) is 5.32 Å². The number of hydrogen-bond acceptors (Lipinski definition) is 4. The first kappa shape index (κ1) is 13.9. The van der Waals surface area contributed by atoms with Gasteiger partial charge in [-0.25, -0.2) is 4.79 Å². The van der Waals surface area contributed by atoms with Crippen LogP contribution in [0.3, 0.4) is 0 Å². The van der Waals surface area contributed by atoms with Crippen molar-refractivity contribution < 1.29 is 19.4 Å². The van der Waals surface area contributed by atoms with E-state index < -0.39 is 24.3 Å². The lowest BCUT2D eigenvalue weighted by molar-refractivity contribution is -0.121. The quantitative estimate of drug-likeness (QED) is 0.732. The van der Waals surface area contributed by atoms with Crippen LogP contribution in [0.25, 0.3) is 0 Å². The van der Waals surface area contributed by atoms with Gasteiger partial charge in [-0.05, 0) is 20.8 Å². The van der Waals surface area contributed by atoms with E-state index in [1.165, 1.54) is 0 Å². The van der Waals surface area contributed by atoms with E-state index in [0.717, 1.165) is 0 Å². The van der Waals surface area contributed by atoms with Gasteiger partial charge in [0.05, 0.1) is 6.61 Å². The minimum Gasteiger partial charge on any atom is -0.444 e. The van der Waals surface area contributed by atoms with E-state index >= 15 is 0 Å². The number of rotatable bonds is 4. The zero-order valence-electron chi connectivity index (χ0n) is 9.66. The van der Waals surface area contributed by atoms with Gasteiger partial charge in [0.1, 0.15) is 11.6 Å². The van der Waals surface area contributed by atoms with Crippen LogP contribution in [-0.4, -0.2) is 35.2 Å². The first-order valence-electron chi connectivity index (χ1n) is 4.93. The number of Topliss-reactive ketones (excluding diaryl/α,β-unsaturated/α-hetero) is 1. The Balaban J connectivity index is 4.20. The molecule has 0 aliphatic rings. The SMILES string of the molecule is CCC(=O)[C@@H](CO)NC(=O)OC(C)(C)C. The van der Waals surface area contributed by atoms with Gasteiger partial charge < -0.3 is 15.2 Å². The molecule has 0 heterocycles. The Labute approximate surface area is 89.8 Å². The average molecular weight is 217 g/mol. The average Bonchev–Trinajstić information content (AvgIpc) is 2.10. The summed E-state index contributed by atoms with van der Waals surface area (Å²) in [5, 5.41) is 11.2. The summed E-state index contributed by atoms with van der Waals surface area (Å²) in [4.78, 5) is 22.5. The van der Waals surface area contributed by atoms with E-state index in [1.54, 1.807) is 27.7 Å². The zero-order valence-corrected chi connectivity index (χ0v) is 9.66. The molecular formula is C10H19NO4. The number of aliphatic hydroxyl groups is 1. The smallest absolute Gasteiger partial charge is 0.408 e. The summed E-state index contributed by atoms with van der Waals surface area (Å²) in [6.45, 7) is 6.43. The molecule has 0 unspecified atom stereocenters. The number of alkyl carbamates (subject to hydrolysis) is 1. The summed E-state index contributed by atoms with van der Waals surface area (Å²) in [7, 11) is 0. The lowest BCUT2D eigenvalue weighted by Crippen LogP contribution is -2.45. The van der Waals surface area contributed by atoms with Crippen LogP contribution < -0.4 is 5.32 Å². The van der Waals surface area contributed by atoms with E-state index in [1.807, 2.05) is 0 Å². The largest absolute Gasteiger partial charge is 0.444 e. The Bertz CT molecular complexity index is 232. The third-order valence-electron chi connectivity index (χ3n) is 1.61. The maximum absolute atomic E-state index is 11.3. The molecule has 0 aliphatic carbocycles. The Morgan fingerprint density at radius 2 is 1.93 bits per heavy atom. The topological polar surface area (TPSA) is 75.6 Å². The van der Waals surface area contributed by atoms with Gasteiger partial charge in [-0.3, -0.25) is 4.79 Å². The van der Waals surface area contributed by atoms with Crippen LogP contribution in [0.1, 0.15) is 34.1 Å². The molecule has 0 fully saturated rings. The third kappa shape index (κ3) is 6.06. The first-order chi connectivity index (χ1) is 6.80. The number of aliphatic hydroxyl groups excluding tert-OH is 1. The minimum absolute atomic E-state index is 0.219. The number of carbonyl (C=O) groups excluding carboxylic acids is 2. The van der Waals surface area contributed by atoms with Gasteiger partial charge in [0, 0.05) is 6.42 Å². The second-order valence-electron chi connectivity index (χ2n) is 4.20. The number of hydrogen-bond donors (Lipinski definition) is 2. The second-order valence-corrected chi connectivity index (χ2v) is 4.20. The van der Waals surface area contributed by atoms with Gasteiger partial charge >= 0.3 is 6.09 Å². The van der Waals surface area contributed by atoms with Crippen molar-refractivity contribution in [2.45, 2.75) is 45.8 Å². The molecule has 5 heteroatoms. The van der Waals surface area contributed by atoms with Crippen molar-refractivity contribution in [1.29, 1.82) is 0 Å². The molecule has 0 bridgehead atoms. The van der Waals surface area contributed by atoms with E-state index in [0.29, 0.717) is 0 Å². The molecule has 0 aromatic rings. The normalized spacial score (nSPS) is 13.1. The number of amides is 1. The van der Waals surface area contributed by atoms with Gasteiger partial charge in [0.15, 0.2) is 5.78 Å². The van der Waals surface area contributed by atoms with Crippen LogP contribution in [0.5, 0.6) is 0 Å². The van der Waals surface area contributed by atoms with Crippen molar-refractivity contribution in [2.24, 2.45) is 0 Å². The molecule has 0 saturated heterocycles. The van der Waals surface area contributed by atoms with Crippen molar-refractivity contribution in [3.05, 3.63) is 0 Å². The fourth-order valence-electron chi connectivity index (χ4n) is 0.924. The van der Waals surface area contributed by atoms with Crippen molar-refractivity contribution in [1.82, 2.24) is 5.32 Å². The number of ether oxygens (including phenoxy) is 1. The van der Waals surface area contributed by atoms with Crippen molar-refractivity contribution in [2.75, 3.05) is 6.61 Å². The number of carbonyl (C=O) groups is 2. The molecule has 0 aliphatic heterocycles. The molecular weight excluding hydrogens is 198 g/mol. The molecule has 2 N–H and O–H groups in total. The Morgan fingerprint density at radius 1 is 1.40 bits per heavy atom. The van der Waals surface area contributed by atoms with Crippen LogP contribution in [0.4, 0.5) is 4.79 Å². The van der Waals surface area contributed by atoms with E-state index in [-0.39, 0.29) is 12.2 Å². The van der Waals surface area contributed by atoms with Crippen LogP contribution in [0.15, 0.2) is 0 Å². The maximum Gasteiger partial charge on any atom is 0.408 e. The fourth-order valence-corrected chi connectivity index (χ4v) is 0.924. The van der Waals surface area contributed by atoms with Crippen LogP contribution >= 0.6 is 0 Å². The predicted molar refractivity (Wildman–Crippen MR) is 55.5 cm³/mol. The third-order valence-corrected chi connectivity index (χ3v) is 1.61. The lowest BCUT2D eigenvalue weighted by atomic mass is 10.1. The van der Waals surface area contributed by atoms with Crippen LogP contribution in [0, 0.1) is 0 Å². The number of ketones is 1. The molecule has 1 atom stereocenters. The fraction of sp³-hybridized carbons (Fsp3) is 0.800. The highest BCUT2D eigenvalue weighted by Crippen LogP contribution is 2.06. The first-order valence-corrected chi connectivity index (χ1v) is 4.93. The van der Waals surface area contributed by atoms with Crippen molar-refractivity contribution in [3.8, 4) is 0 Å². The Morgan fingerprint density at radius 3 is 2.27 bits per heavy atom. The molecule has 5 nitrogen and oxygen atoms in total. The van der Waals surface area contributed by atoms with Gasteiger partial charge in [-0.2, -0.15) is 0 Å². The highest BCUT2D eigenvalue weighted by Gasteiger charge is 2.22. The lowest BCUT2D eigenvalue weighted by Gasteiger charge is -2.22.